The fourth-order valence-corrected chi connectivity index (χ4v) is 2.46. The van der Waals surface area contributed by atoms with Crippen molar-refractivity contribution in [3.05, 3.63) is 22.8 Å². The molecule has 16 heavy (non-hydrogen) atoms. The summed E-state index contributed by atoms with van der Waals surface area (Å²) in [6.45, 7) is 2.92. The first-order valence-electron chi connectivity index (χ1n) is 4.67. The summed E-state index contributed by atoms with van der Waals surface area (Å²) >= 11 is 0. The van der Waals surface area contributed by atoms with Crippen molar-refractivity contribution in [2.75, 3.05) is 6.26 Å². The molecule has 0 bridgehead atoms. The van der Waals surface area contributed by atoms with Gasteiger partial charge in [-0.05, 0) is 18.9 Å². The van der Waals surface area contributed by atoms with Crippen molar-refractivity contribution in [1.29, 1.82) is 0 Å². The highest BCUT2D eigenvalue weighted by atomic mass is 32.2. The van der Waals surface area contributed by atoms with Crippen molar-refractivity contribution >= 4 is 15.8 Å². The predicted octanol–water partition coefficient (Wildman–Crippen LogP) is 1.10. The normalized spacial score (nSPS) is 30.6. The number of hydrogen-bond donors (Lipinski definition) is 2. The second kappa shape index (κ2) is 3.62. The maximum Gasteiger partial charge on any atom is 0.317 e. The van der Waals surface area contributed by atoms with E-state index in [2.05, 4.69) is 0 Å². The molecule has 2 atom stereocenters. The summed E-state index contributed by atoms with van der Waals surface area (Å²) in [5.41, 5.74) is -1.59. The van der Waals surface area contributed by atoms with Gasteiger partial charge in [-0.25, -0.2) is 8.42 Å². The van der Waals surface area contributed by atoms with E-state index in [1.54, 1.807) is 6.92 Å². The van der Waals surface area contributed by atoms with Crippen LogP contribution in [0.15, 0.2) is 22.8 Å². The number of rotatable bonds is 2. The molecule has 0 radical (unpaired) electrons. The number of carbonyl (C=O) groups is 1. The molecular weight excluding hydrogens is 232 g/mol. The molecule has 6 heteroatoms. The Balaban J connectivity index is 3.50. The third kappa shape index (κ3) is 1.73. The summed E-state index contributed by atoms with van der Waals surface area (Å²) in [5.74, 6) is -2.32. The summed E-state index contributed by atoms with van der Waals surface area (Å²) in [6.07, 6.45) is 3.66. The molecule has 0 aliphatic heterocycles. The minimum absolute atomic E-state index is 0.324. The fourth-order valence-electron chi connectivity index (χ4n) is 1.57. The van der Waals surface area contributed by atoms with E-state index in [4.69, 9.17) is 5.11 Å². The van der Waals surface area contributed by atoms with Gasteiger partial charge in [-0.3, -0.25) is 4.79 Å². The van der Waals surface area contributed by atoms with Gasteiger partial charge in [-0.2, -0.15) is 0 Å². The number of aliphatic carboxylic acids is 1. The average Bonchev–Trinajstić information content (AvgIpc) is 2.11. The molecule has 0 aromatic heterocycles. The second-order valence-corrected chi connectivity index (χ2v) is 6.12. The molecule has 1 aliphatic rings. The predicted molar refractivity (Wildman–Crippen MR) is 58.5 cm³/mol. The van der Waals surface area contributed by atoms with Crippen molar-refractivity contribution in [1.82, 2.24) is 0 Å². The lowest BCUT2D eigenvalue weighted by Gasteiger charge is -2.32. The summed E-state index contributed by atoms with van der Waals surface area (Å²) in [7, 11) is -3.62. The van der Waals surface area contributed by atoms with E-state index in [0.717, 1.165) is 6.26 Å². The van der Waals surface area contributed by atoms with E-state index in [-0.39, 0.29) is 4.91 Å². The Morgan fingerprint density at radius 1 is 1.50 bits per heavy atom. The van der Waals surface area contributed by atoms with E-state index in [9.17, 15) is 18.3 Å². The number of carboxylic acids is 1. The zero-order valence-electron chi connectivity index (χ0n) is 9.26. The Labute approximate surface area is 94.0 Å². The van der Waals surface area contributed by atoms with Crippen LogP contribution in [-0.4, -0.2) is 30.9 Å². The highest BCUT2D eigenvalue weighted by Gasteiger charge is 2.46. The molecule has 0 amide bonds. The van der Waals surface area contributed by atoms with Crippen LogP contribution < -0.4 is 0 Å². The summed E-state index contributed by atoms with van der Waals surface area (Å²) in [5, 5.41) is 18.9. The maximum absolute atomic E-state index is 11.4. The Morgan fingerprint density at radius 2 is 2.00 bits per heavy atom. The highest BCUT2D eigenvalue weighted by Crippen LogP contribution is 2.41. The summed E-state index contributed by atoms with van der Waals surface area (Å²) in [6, 6.07) is 0. The van der Waals surface area contributed by atoms with Crippen LogP contribution in [0.4, 0.5) is 0 Å². The van der Waals surface area contributed by atoms with Crippen LogP contribution in [0.2, 0.25) is 0 Å². The molecule has 0 aromatic rings. The minimum Gasteiger partial charge on any atom is -0.510 e. The average molecular weight is 246 g/mol. The van der Waals surface area contributed by atoms with Crippen LogP contribution in [0.25, 0.3) is 0 Å². The third-order valence-corrected chi connectivity index (χ3v) is 4.14. The molecule has 5 nitrogen and oxygen atoms in total. The van der Waals surface area contributed by atoms with Gasteiger partial charge in [-0.1, -0.05) is 13.0 Å². The Bertz CT molecular complexity index is 485. The van der Waals surface area contributed by atoms with E-state index in [1.165, 1.54) is 19.1 Å². The van der Waals surface area contributed by atoms with Gasteiger partial charge in [0.05, 0.1) is 0 Å². The lowest BCUT2D eigenvalue weighted by Crippen LogP contribution is -2.38. The second-order valence-electron chi connectivity index (χ2n) is 4.14. The van der Waals surface area contributed by atoms with Gasteiger partial charge in [0.1, 0.15) is 16.1 Å². The molecule has 0 spiro atoms. The van der Waals surface area contributed by atoms with Crippen LogP contribution in [-0.2, 0) is 14.6 Å². The van der Waals surface area contributed by atoms with E-state index >= 15 is 0 Å². The highest BCUT2D eigenvalue weighted by molar-refractivity contribution is 7.94. The maximum atomic E-state index is 11.4. The Kier molecular flexibility index (Phi) is 2.89. The Hall–Kier alpha value is -1.30. The van der Waals surface area contributed by atoms with Gasteiger partial charge in [0.2, 0.25) is 0 Å². The molecule has 2 unspecified atom stereocenters. The first kappa shape index (κ1) is 12.8. The third-order valence-electron chi connectivity index (χ3n) is 3.02. The largest absolute Gasteiger partial charge is 0.510 e. The molecule has 90 valence electrons. The summed E-state index contributed by atoms with van der Waals surface area (Å²) in [4.78, 5) is 10.8. The fraction of sp³-hybridized carbons (Fsp3) is 0.500. The number of sulfone groups is 1. The van der Waals surface area contributed by atoms with Crippen LogP contribution in [0.1, 0.15) is 13.8 Å². The van der Waals surface area contributed by atoms with Gasteiger partial charge in [0, 0.05) is 6.26 Å². The number of allylic oxidation sites excluding steroid dienone is 2. The van der Waals surface area contributed by atoms with E-state index < -0.39 is 32.9 Å². The molecule has 0 aromatic carbocycles. The number of aliphatic hydroxyl groups is 1. The zero-order valence-corrected chi connectivity index (χ0v) is 10.1. The smallest absolute Gasteiger partial charge is 0.317 e. The van der Waals surface area contributed by atoms with Crippen LogP contribution in [0.3, 0.4) is 0 Å². The SMILES string of the molecule is CC1C=CC(S(C)(=O)=O)=C(O)C1(C)C(=O)O. The standard InChI is InChI=1S/C10H14O5S/c1-6-4-5-7(16(3,14)15)8(11)10(6,2)9(12)13/h4-6,11H,1-3H3,(H,12,13). The summed E-state index contributed by atoms with van der Waals surface area (Å²) < 4.78 is 22.7. The molecule has 0 saturated heterocycles. The van der Waals surface area contributed by atoms with Crippen molar-refractivity contribution in [2.45, 2.75) is 13.8 Å². The molecule has 0 heterocycles. The molecule has 2 N–H and O–H groups in total. The van der Waals surface area contributed by atoms with Crippen molar-refractivity contribution in [3.8, 4) is 0 Å². The van der Waals surface area contributed by atoms with Gasteiger partial charge >= 0.3 is 5.97 Å². The van der Waals surface area contributed by atoms with Gasteiger partial charge < -0.3 is 10.2 Å². The molecule has 0 saturated carbocycles. The lowest BCUT2D eigenvalue weighted by atomic mass is 9.74. The molecule has 0 fully saturated rings. The topological polar surface area (TPSA) is 91.7 Å². The van der Waals surface area contributed by atoms with Crippen LogP contribution >= 0.6 is 0 Å². The zero-order chi connectivity index (χ0) is 12.7. The quantitative estimate of drug-likeness (QED) is 0.761. The van der Waals surface area contributed by atoms with E-state index in [1.807, 2.05) is 0 Å². The molecular formula is C10H14O5S. The van der Waals surface area contributed by atoms with Crippen molar-refractivity contribution < 1.29 is 23.4 Å². The number of carboxylic acid groups (broad SMARTS) is 1. The van der Waals surface area contributed by atoms with Gasteiger partial charge in [0.15, 0.2) is 9.84 Å². The minimum atomic E-state index is -3.62. The first-order chi connectivity index (χ1) is 7.11. The van der Waals surface area contributed by atoms with Crippen molar-refractivity contribution in [2.24, 2.45) is 11.3 Å². The van der Waals surface area contributed by atoms with Gasteiger partial charge in [0.25, 0.3) is 0 Å². The lowest BCUT2D eigenvalue weighted by molar-refractivity contribution is -0.149. The van der Waals surface area contributed by atoms with Crippen LogP contribution in [0, 0.1) is 11.3 Å². The Morgan fingerprint density at radius 3 is 2.38 bits per heavy atom. The van der Waals surface area contributed by atoms with E-state index in [0.29, 0.717) is 0 Å². The number of aliphatic hydroxyl groups excluding tert-OH is 1. The molecule has 1 rings (SSSR count). The van der Waals surface area contributed by atoms with Gasteiger partial charge in [-0.15, -0.1) is 0 Å². The van der Waals surface area contributed by atoms with Crippen molar-refractivity contribution in [3.63, 3.8) is 0 Å². The number of hydrogen-bond acceptors (Lipinski definition) is 4. The molecule has 1 aliphatic carbocycles. The monoisotopic (exact) mass is 246 g/mol. The van der Waals surface area contributed by atoms with Crippen LogP contribution in [0.5, 0.6) is 0 Å². The first-order valence-corrected chi connectivity index (χ1v) is 6.56.